The molecule has 2 N–H and O–H groups in total. The number of nitrogens with zero attached hydrogens (tertiary/aromatic N) is 1. The van der Waals surface area contributed by atoms with Crippen molar-refractivity contribution in [1.29, 1.82) is 0 Å². The second-order valence-electron chi connectivity index (χ2n) is 6.20. The van der Waals surface area contributed by atoms with Gasteiger partial charge in [-0.2, -0.15) is 0 Å². The average molecular weight is 351 g/mol. The molecule has 1 aromatic carbocycles. The summed E-state index contributed by atoms with van der Waals surface area (Å²) in [6, 6.07) is 4.50. The Morgan fingerprint density at radius 3 is 2.60 bits per heavy atom. The highest BCUT2D eigenvalue weighted by Gasteiger charge is 2.49. The summed E-state index contributed by atoms with van der Waals surface area (Å²) in [5.74, 6) is -1.43. The predicted molar refractivity (Wildman–Crippen MR) is 88.1 cm³/mol. The molecule has 4 amide bonds. The monoisotopic (exact) mass is 351 g/mol. The number of carbonyl (C=O) groups excluding carboxylic acids is 3. The van der Waals surface area contributed by atoms with Crippen LogP contribution in [-0.4, -0.2) is 49.0 Å². The molecule has 2 rings (SSSR count). The number of carbonyl (C=O) groups is 3. The topological polar surface area (TPSA) is 87.7 Å². The molecule has 1 aliphatic rings. The summed E-state index contributed by atoms with van der Waals surface area (Å²) in [7, 11) is 1.57. The first-order valence-electron chi connectivity index (χ1n) is 7.96. The molecule has 1 heterocycles. The molecular formula is C17H22FN3O4. The number of hydrogen-bond donors (Lipinski definition) is 2. The van der Waals surface area contributed by atoms with Crippen molar-refractivity contribution in [3.63, 3.8) is 0 Å². The fourth-order valence-electron chi connectivity index (χ4n) is 2.65. The first kappa shape index (κ1) is 18.9. The fraction of sp³-hybridized carbons (Fsp3) is 0.471. The smallest absolute Gasteiger partial charge is 0.325 e. The van der Waals surface area contributed by atoms with Crippen LogP contribution in [-0.2, 0) is 19.9 Å². The van der Waals surface area contributed by atoms with Gasteiger partial charge in [-0.1, -0.05) is 12.1 Å². The van der Waals surface area contributed by atoms with Gasteiger partial charge in [0.1, 0.15) is 17.9 Å². The van der Waals surface area contributed by atoms with E-state index in [1.807, 2.05) is 6.92 Å². The summed E-state index contributed by atoms with van der Waals surface area (Å²) in [4.78, 5) is 37.8. The van der Waals surface area contributed by atoms with Crippen LogP contribution < -0.4 is 10.6 Å². The molecule has 0 spiro atoms. The van der Waals surface area contributed by atoms with E-state index in [0.29, 0.717) is 18.6 Å². The third-order valence-corrected chi connectivity index (χ3v) is 4.16. The second-order valence-corrected chi connectivity index (χ2v) is 6.20. The average Bonchev–Trinajstić information content (AvgIpc) is 2.77. The summed E-state index contributed by atoms with van der Waals surface area (Å²) in [5.41, 5.74) is -0.879. The minimum Gasteiger partial charge on any atom is -0.385 e. The van der Waals surface area contributed by atoms with Crippen LogP contribution in [0.5, 0.6) is 0 Å². The third kappa shape index (κ3) is 4.14. The van der Waals surface area contributed by atoms with Crippen molar-refractivity contribution < 1.29 is 23.5 Å². The van der Waals surface area contributed by atoms with Gasteiger partial charge in [-0.05, 0) is 38.0 Å². The van der Waals surface area contributed by atoms with Crippen LogP contribution in [0, 0.1) is 5.82 Å². The molecule has 7 nitrogen and oxygen atoms in total. The molecule has 136 valence electrons. The maximum atomic E-state index is 13.1. The second kappa shape index (κ2) is 7.60. The molecule has 0 saturated carbocycles. The van der Waals surface area contributed by atoms with Crippen molar-refractivity contribution in [1.82, 2.24) is 15.5 Å². The van der Waals surface area contributed by atoms with Gasteiger partial charge in [-0.15, -0.1) is 0 Å². The Kier molecular flexibility index (Phi) is 5.73. The van der Waals surface area contributed by atoms with Gasteiger partial charge in [0.2, 0.25) is 5.91 Å². The van der Waals surface area contributed by atoms with Crippen molar-refractivity contribution in [3.05, 3.63) is 35.6 Å². The number of nitrogens with one attached hydrogen (secondary N) is 2. The Morgan fingerprint density at radius 1 is 1.36 bits per heavy atom. The van der Waals surface area contributed by atoms with Crippen molar-refractivity contribution in [2.24, 2.45) is 0 Å². The van der Waals surface area contributed by atoms with E-state index in [1.165, 1.54) is 31.2 Å². The number of halogens is 1. The Hall–Kier alpha value is -2.48. The van der Waals surface area contributed by atoms with E-state index in [-0.39, 0.29) is 12.6 Å². The third-order valence-electron chi connectivity index (χ3n) is 4.16. The lowest BCUT2D eigenvalue weighted by Crippen LogP contribution is -2.45. The van der Waals surface area contributed by atoms with E-state index in [4.69, 9.17) is 4.74 Å². The van der Waals surface area contributed by atoms with Crippen LogP contribution in [0.25, 0.3) is 0 Å². The molecule has 1 fully saturated rings. The molecule has 25 heavy (non-hydrogen) atoms. The molecule has 0 aromatic heterocycles. The van der Waals surface area contributed by atoms with Crippen LogP contribution >= 0.6 is 0 Å². The van der Waals surface area contributed by atoms with Gasteiger partial charge in [0.05, 0.1) is 0 Å². The summed E-state index contributed by atoms with van der Waals surface area (Å²) >= 11 is 0. The molecule has 2 unspecified atom stereocenters. The standard InChI is InChI=1S/C17H22FN3O4/c1-11(8-9-25-3)19-14(22)10-21-15(23)17(2,20-16(21)24)12-4-6-13(18)7-5-12/h4-7,11H,8-10H2,1-3H3,(H,19,22)(H,20,24). The first-order chi connectivity index (χ1) is 11.8. The zero-order valence-corrected chi connectivity index (χ0v) is 14.5. The van der Waals surface area contributed by atoms with E-state index in [9.17, 15) is 18.8 Å². The molecule has 1 aromatic rings. The summed E-state index contributed by atoms with van der Waals surface area (Å²) in [6.07, 6.45) is 0.621. The molecular weight excluding hydrogens is 329 g/mol. The Bertz CT molecular complexity index is 664. The highest BCUT2D eigenvalue weighted by Crippen LogP contribution is 2.28. The minimum atomic E-state index is -1.33. The van der Waals surface area contributed by atoms with E-state index in [0.717, 1.165) is 4.90 Å². The molecule has 0 radical (unpaired) electrons. The lowest BCUT2D eigenvalue weighted by molar-refractivity contribution is -0.135. The highest BCUT2D eigenvalue weighted by atomic mass is 19.1. The number of imide groups is 1. The van der Waals surface area contributed by atoms with Gasteiger partial charge in [0.25, 0.3) is 5.91 Å². The molecule has 1 aliphatic heterocycles. The summed E-state index contributed by atoms with van der Waals surface area (Å²) in [6.45, 7) is 3.46. The van der Waals surface area contributed by atoms with Crippen LogP contribution in [0.1, 0.15) is 25.8 Å². The zero-order valence-electron chi connectivity index (χ0n) is 14.5. The normalized spacial score (nSPS) is 21.2. The molecule has 0 bridgehead atoms. The number of rotatable bonds is 7. The van der Waals surface area contributed by atoms with Gasteiger partial charge in [-0.25, -0.2) is 9.18 Å². The first-order valence-corrected chi connectivity index (χ1v) is 7.96. The van der Waals surface area contributed by atoms with Crippen LogP contribution in [0.2, 0.25) is 0 Å². The maximum absolute atomic E-state index is 13.1. The Balaban J connectivity index is 2.05. The van der Waals surface area contributed by atoms with Crippen molar-refractivity contribution in [2.45, 2.75) is 31.8 Å². The maximum Gasteiger partial charge on any atom is 0.325 e. The van der Waals surface area contributed by atoms with Gasteiger partial charge in [-0.3, -0.25) is 14.5 Å². The van der Waals surface area contributed by atoms with Gasteiger partial charge in [0, 0.05) is 19.8 Å². The number of amides is 4. The number of methoxy groups -OCH3 is 1. The Labute approximate surface area is 145 Å². The minimum absolute atomic E-state index is 0.142. The summed E-state index contributed by atoms with van der Waals surface area (Å²) in [5, 5.41) is 5.29. The lowest BCUT2D eigenvalue weighted by Gasteiger charge is -2.22. The van der Waals surface area contributed by atoms with Gasteiger partial charge < -0.3 is 15.4 Å². The molecule has 1 saturated heterocycles. The zero-order chi connectivity index (χ0) is 18.6. The number of benzene rings is 1. The highest BCUT2D eigenvalue weighted by molar-refractivity contribution is 6.09. The van der Waals surface area contributed by atoms with Crippen LogP contribution in [0.4, 0.5) is 9.18 Å². The van der Waals surface area contributed by atoms with E-state index < -0.39 is 29.2 Å². The van der Waals surface area contributed by atoms with Crippen LogP contribution in [0.15, 0.2) is 24.3 Å². The quantitative estimate of drug-likeness (QED) is 0.721. The molecule has 8 heteroatoms. The van der Waals surface area contributed by atoms with Crippen molar-refractivity contribution in [3.8, 4) is 0 Å². The van der Waals surface area contributed by atoms with Gasteiger partial charge >= 0.3 is 6.03 Å². The SMILES string of the molecule is COCCC(C)NC(=O)CN1C(=O)NC(C)(c2ccc(F)cc2)C1=O. The summed E-state index contributed by atoms with van der Waals surface area (Å²) < 4.78 is 18.0. The molecule has 0 aliphatic carbocycles. The van der Waals surface area contributed by atoms with Crippen molar-refractivity contribution >= 4 is 17.8 Å². The van der Waals surface area contributed by atoms with Crippen LogP contribution in [0.3, 0.4) is 0 Å². The Morgan fingerprint density at radius 2 is 2.00 bits per heavy atom. The fourth-order valence-corrected chi connectivity index (χ4v) is 2.65. The van der Waals surface area contributed by atoms with Gasteiger partial charge in [0.15, 0.2) is 0 Å². The predicted octanol–water partition coefficient (Wildman–Crippen LogP) is 1.13. The van der Waals surface area contributed by atoms with E-state index >= 15 is 0 Å². The van der Waals surface area contributed by atoms with E-state index in [2.05, 4.69) is 10.6 Å². The number of urea groups is 1. The van der Waals surface area contributed by atoms with Crippen molar-refractivity contribution in [2.75, 3.05) is 20.3 Å². The molecule has 2 atom stereocenters. The van der Waals surface area contributed by atoms with E-state index in [1.54, 1.807) is 7.11 Å². The number of ether oxygens (including phenoxy) is 1. The lowest BCUT2D eigenvalue weighted by atomic mass is 9.92. The number of hydrogen-bond acceptors (Lipinski definition) is 4. The largest absolute Gasteiger partial charge is 0.385 e.